The lowest BCUT2D eigenvalue weighted by atomic mass is 9.72. The van der Waals surface area contributed by atoms with E-state index < -0.39 is 5.41 Å². The number of H-pyrrole nitrogens is 1. The monoisotopic (exact) mass is 447 g/mol. The summed E-state index contributed by atoms with van der Waals surface area (Å²) in [4.78, 5) is 16.3. The first-order chi connectivity index (χ1) is 16.0. The SMILES string of the molecule is Cc1cc(C)cc(C2(C(=O)N3CCOCC(Cc4ccc5[nH]ncc5c4)C3)CCOCC2)c1. The topological polar surface area (TPSA) is 67.5 Å². The average molecular weight is 448 g/mol. The third-order valence-electron chi connectivity index (χ3n) is 7.18. The molecule has 5 rings (SSSR count). The van der Waals surface area contributed by atoms with Crippen molar-refractivity contribution >= 4 is 16.8 Å². The van der Waals surface area contributed by atoms with E-state index in [0.29, 0.717) is 33.0 Å². The van der Waals surface area contributed by atoms with Gasteiger partial charge in [-0.3, -0.25) is 9.89 Å². The number of benzene rings is 2. The van der Waals surface area contributed by atoms with Gasteiger partial charge in [0.1, 0.15) is 0 Å². The van der Waals surface area contributed by atoms with Crippen LogP contribution in [0.2, 0.25) is 0 Å². The number of aromatic nitrogens is 2. The van der Waals surface area contributed by atoms with E-state index in [1.807, 2.05) is 6.20 Å². The minimum absolute atomic E-state index is 0.233. The zero-order valence-electron chi connectivity index (χ0n) is 19.6. The quantitative estimate of drug-likeness (QED) is 0.658. The Labute approximate surface area is 195 Å². The van der Waals surface area contributed by atoms with E-state index in [0.717, 1.165) is 42.3 Å². The van der Waals surface area contributed by atoms with E-state index in [9.17, 15) is 4.79 Å². The molecule has 1 atom stereocenters. The number of nitrogens with one attached hydrogen (secondary N) is 1. The highest BCUT2D eigenvalue weighted by Crippen LogP contribution is 2.38. The van der Waals surface area contributed by atoms with Gasteiger partial charge in [-0.25, -0.2) is 0 Å². The van der Waals surface area contributed by atoms with Gasteiger partial charge in [0.25, 0.3) is 0 Å². The van der Waals surface area contributed by atoms with Gasteiger partial charge in [-0.2, -0.15) is 5.10 Å². The Bertz CT molecular complexity index is 1110. The number of ether oxygens (including phenoxy) is 2. The predicted octanol–water partition coefficient (Wildman–Crippen LogP) is 3.95. The van der Waals surface area contributed by atoms with E-state index in [1.165, 1.54) is 16.7 Å². The van der Waals surface area contributed by atoms with Gasteiger partial charge in [0.05, 0.1) is 30.3 Å². The molecule has 0 aliphatic carbocycles. The number of fused-ring (bicyclic) bond motifs is 1. The molecule has 3 heterocycles. The van der Waals surface area contributed by atoms with E-state index >= 15 is 0 Å². The number of aryl methyl sites for hydroxylation is 2. The molecule has 2 aromatic carbocycles. The molecule has 33 heavy (non-hydrogen) atoms. The smallest absolute Gasteiger partial charge is 0.233 e. The van der Waals surface area contributed by atoms with Crippen molar-refractivity contribution in [1.29, 1.82) is 0 Å². The summed E-state index contributed by atoms with van der Waals surface area (Å²) in [6.07, 6.45) is 4.20. The largest absolute Gasteiger partial charge is 0.381 e. The molecule has 2 aliphatic rings. The van der Waals surface area contributed by atoms with Crippen molar-refractivity contribution in [2.24, 2.45) is 5.92 Å². The molecule has 1 N–H and O–H groups in total. The Kier molecular flexibility index (Phi) is 6.21. The molecule has 3 aromatic rings. The molecular formula is C27H33N3O3. The summed E-state index contributed by atoms with van der Waals surface area (Å²) in [5.74, 6) is 0.494. The van der Waals surface area contributed by atoms with E-state index in [2.05, 4.69) is 65.3 Å². The molecular weight excluding hydrogens is 414 g/mol. The van der Waals surface area contributed by atoms with Crippen LogP contribution >= 0.6 is 0 Å². The number of aromatic amines is 1. The molecule has 2 fully saturated rings. The second-order valence-electron chi connectivity index (χ2n) is 9.76. The zero-order valence-corrected chi connectivity index (χ0v) is 19.6. The van der Waals surface area contributed by atoms with Gasteiger partial charge < -0.3 is 14.4 Å². The van der Waals surface area contributed by atoms with Crippen LogP contribution in [0, 0.1) is 19.8 Å². The fourth-order valence-corrected chi connectivity index (χ4v) is 5.54. The zero-order chi connectivity index (χ0) is 22.8. The predicted molar refractivity (Wildman–Crippen MR) is 128 cm³/mol. The number of nitrogens with zero attached hydrogens (tertiary/aromatic N) is 2. The fourth-order valence-electron chi connectivity index (χ4n) is 5.54. The highest BCUT2D eigenvalue weighted by molar-refractivity contribution is 5.88. The maximum absolute atomic E-state index is 14.2. The van der Waals surface area contributed by atoms with Crippen LogP contribution < -0.4 is 0 Å². The molecule has 6 nitrogen and oxygen atoms in total. The second-order valence-corrected chi connectivity index (χ2v) is 9.76. The van der Waals surface area contributed by atoms with Crippen molar-refractivity contribution in [3.63, 3.8) is 0 Å². The summed E-state index contributed by atoms with van der Waals surface area (Å²) in [6.45, 7) is 8.09. The molecule has 1 unspecified atom stereocenters. The van der Waals surface area contributed by atoms with Gasteiger partial charge in [-0.15, -0.1) is 0 Å². The Morgan fingerprint density at radius 2 is 1.88 bits per heavy atom. The molecule has 0 spiro atoms. The first-order valence-electron chi connectivity index (χ1n) is 12.0. The number of carbonyl (C=O) groups excluding carboxylic acids is 1. The highest BCUT2D eigenvalue weighted by atomic mass is 16.5. The summed E-state index contributed by atoms with van der Waals surface area (Å²) >= 11 is 0. The van der Waals surface area contributed by atoms with Crippen LogP contribution in [0.5, 0.6) is 0 Å². The molecule has 2 aliphatic heterocycles. The molecule has 1 amide bonds. The summed E-state index contributed by atoms with van der Waals surface area (Å²) in [5.41, 5.74) is 5.33. The summed E-state index contributed by atoms with van der Waals surface area (Å²) in [7, 11) is 0. The van der Waals surface area contributed by atoms with Gasteiger partial charge >= 0.3 is 0 Å². The lowest BCUT2D eigenvalue weighted by molar-refractivity contribution is -0.141. The molecule has 174 valence electrons. The number of amides is 1. The lowest BCUT2D eigenvalue weighted by Gasteiger charge is -2.40. The van der Waals surface area contributed by atoms with Crippen LogP contribution in [0.1, 0.15) is 35.1 Å². The van der Waals surface area contributed by atoms with Crippen LogP contribution in [-0.2, 0) is 26.1 Å². The van der Waals surface area contributed by atoms with Gasteiger partial charge in [0.2, 0.25) is 5.91 Å². The summed E-state index contributed by atoms with van der Waals surface area (Å²) in [6, 6.07) is 13.0. The van der Waals surface area contributed by atoms with E-state index in [4.69, 9.17) is 9.47 Å². The Morgan fingerprint density at radius 3 is 2.67 bits per heavy atom. The van der Waals surface area contributed by atoms with Gasteiger partial charge in [-0.1, -0.05) is 35.4 Å². The second kappa shape index (κ2) is 9.27. The number of rotatable bonds is 4. The van der Waals surface area contributed by atoms with Crippen LogP contribution in [0.15, 0.2) is 42.6 Å². The maximum Gasteiger partial charge on any atom is 0.233 e. The summed E-state index contributed by atoms with van der Waals surface area (Å²) in [5, 5.41) is 8.25. The Balaban J connectivity index is 1.40. The highest BCUT2D eigenvalue weighted by Gasteiger charge is 2.44. The van der Waals surface area contributed by atoms with Crippen molar-refractivity contribution in [3.05, 3.63) is 64.8 Å². The summed E-state index contributed by atoms with van der Waals surface area (Å²) < 4.78 is 11.7. The van der Waals surface area contributed by atoms with Gasteiger partial charge in [-0.05, 0) is 56.4 Å². The van der Waals surface area contributed by atoms with Crippen molar-refractivity contribution in [2.75, 3.05) is 39.5 Å². The van der Waals surface area contributed by atoms with Crippen molar-refractivity contribution in [3.8, 4) is 0 Å². The van der Waals surface area contributed by atoms with Crippen LogP contribution in [0.3, 0.4) is 0 Å². The van der Waals surface area contributed by atoms with Crippen LogP contribution in [-0.4, -0.2) is 60.5 Å². The molecule has 2 saturated heterocycles. The number of hydrogen-bond donors (Lipinski definition) is 1. The average Bonchev–Trinajstić information content (AvgIpc) is 3.16. The fraction of sp³-hybridized carbons (Fsp3) is 0.481. The standard InChI is InChI=1S/C27H33N3O3/c1-19-11-20(2)13-24(12-19)27(5-8-32-9-6-27)26(31)30-7-10-33-18-22(17-30)14-21-3-4-25-23(15-21)16-28-29-25/h3-4,11-13,15-16,22H,5-10,14,17-18H2,1-2H3,(H,28,29). The molecule has 0 bridgehead atoms. The first kappa shape index (κ1) is 22.1. The molecule has 6 heteroatoms. The van der Waals surface area contributed by atoms with Gasteiger partial charge in [0, 0.05) is 37.6 Å². The lowest BCUT2D eigenvalue weighted by Crippen LogP contribution is -2.51. The minimum atomic E-state index is -0.514. The number of hydrogen-bond acceptors (Lipinski definition) is 4. The Morgan fingerprint density at radius 1 is 1.09 bits per heavy atom. The normalized spacial score (nSPS) is 21.2. The molecule has 1 aromatic heterocycles. The van der Waals surface area contributed by atoms with Crippen LogP contribution in [0.4, 0.5) is 0 Å². The minimum Gasteiger partial charge on any atom is -0.381 e. The van der Waals surface area contributed by atoms with Crippen LogP contribution in [0.25, 0.3) is 10.9 Å². The number of carbonyl (C=O) groups is 1. The van der Waals surface area contributed by atoms with Crippen molar-refractivity contribution < 1.29 is 14.3 Å². The maximum atomic E-state index is 14.2. The molecule has 0 radical (unpaired) electrons. The molecule has 0 saturated carbocycles. The van der Waals surface area contributed by atoms with Gasteiger partial charge in [0.15, 0.2) is 0 Å². The third-order valence-corrected chi connectivity index (χ3v) is 7.18. The van der Waals surface area contributed by atoms with Crippen molar-refractivity contribution in [1.82, 2.24) is 15.1 Å². The first-order valence-corrected chi connectivity index (χ1v) is 12.0. The third kappa shape index (κ3) is 4.55. The van der Waals surface area contributed by atoms with Crippen molar-refractivity contribution in [2.45, 2.75) is 38.5 Å². The van der Waals surface area contributed by atoms with E-state index in [-0.39, 0.29) is 11.8 Å². The van der Waals surface area contributed by atoms with E-state index in [1.54, 1.807) is 0 Å². The Hall–Kier alpha value is -2.70.